The fourth-order valence-corrected chi connectivity index (χ4v) is 3.58. The molecule has 0 bridgehead atoms. The van der Waals surface area contributed by atoms with Crippen LogP contribution in [0.5, 0.6) is 0 Å². The Morgan fingerprint density at radius 1 is 1.43 bits per heavy atom. The third kappa shape index (κ3) is 4.94. The number of carboxylic acid groups (broad SMARTS) is 1. The van der Waals surface area contributed by atoms with E-state index < -0.39 is 5.97 Å². The van der Waals surface area contributed by atoms with Gasteiger partial charge in [-0.3, -0.25) is 9.59 Å². The van der Waals surface area contributed by atoms with Gasteiger partial charge in [-0.25, -0.2) is 4.39 Å². The summed E-state index contributed by atoms with van der Waals surface area (Å²) in [5, 5.41) is 8.96. The van der Waals surface area contributed by atoms with Crippen LogP contribution in [0.15, 0.2) is 29.2 Å². The first-order chi connectivity index (χ1) is 11.0. The molecule has 0 aliphatic carbocycles. The number of rotatable bonds is 7. The Morgan fingerprint density at radius 3 is 2.83 bits per heavy atom. The summed E-state index contributed by atoms with van der Waals surface area (Å²) >= 11 is 1.29. The molecule has 1 saturated heterocycles. The molecule has 7 heteroatoms. The minimum absolute atomic E-state index is 0.0773. The Hall–Kier alpha value is -1.60. The topological polar surface area (TPSA) is 66.8 Å². The van der Waals surface area contributed by atoms with Gasteiger partial charge in [-0.2, -0.15) is 0 Å². The van der Waals surface area contributed by atoms with E-state index in [2.05, 4.69) is 0 Å². The molecule has 0 radical (unpaired) electrons. The molecule has 1 aliphatic rings. The Morgan fingerprint density at radius 2 is 2.17 bits per heavy atom. The zero-order valence-corrected chi connectivity index (χ0v) is 13.7. The number of hydrogen-bond donors (Lipinski definition) is 1. The Kier molecular flexibility index (Phi) is 6.41. The normalized spacial score (nSPS) is 20.7. The second-order valence-corrected chi connectivity index (χ2v) is 6.56. The van der Waals surface area contributed by atoms with Crippen LogP contribution in [0.25, 0.3) is 0 Å². The maximum absolute atomic E-state index is 13.5. The van der Waals surface area contributed by atoms with Crippen LogP contribution in [-0.2, 0) is 14.3 Å². The van der Waals surface area contributed by atoms with Crippen molar-refractivity contribution in [3.63, 3.8) is 0 Å². The van der Waals surface area contributed by atoms with Crippen LogP contribution in [-0.4, -0.2) is 53.4 Å². The quantitative estimate of drug-likeness (QED) is 0.772. The number of amides is 1. The van der Waals surface area contributed by atoms with Crippen LogP contribution in [0.2, 0.25) is 0 Å². The molecule has 5 nitrogen and oxygen atoms in total. The lowest BCUT2D eigenvalue weighted by Gasteiger charge is -2.23. The second-order valence-electron chi connectivity index (χ2n) is 5.42. The fourth-order valence-electron chi connectivity index (χ4n) is 2.70. The number of halogens is 1. The Bertz CT molecular complexity index is 569. The number of carbonyl (C=O) groups is 2. The molecule has 2 rings (SSSR count). The van der Waals surface area contributed by atoms with Gasteiger partial charge in [0, 0.05) is 36.8 Å². The van der Waals surface area contributed by atoms with Gasteiger partial charge >= 0.3 is 5.97 Å². The monoisotopic (exact) mass is 341 g/mol. The number of thioether (sulfide) groups is 1. The van der Waals surface area contributed by atoms with Gasteiger partial charge in [0.15, 0.2) is 0 Å². The third-order valence-corrected chi connectivity index (χ3v) is 4.90. The van der Waals surface area contributed by atoms with Crippen LogP contribution in [0, 0.1) is 5.82 Å². The molecule has 0 spiro atoms. The highest BCUT2D eigenvalue weighted by Crippen LogP contribution is 2.26. The van der Waals surface area contributed by atoms with Crippen LogP contribution in [0.3, 0.4) is 0 Å². The molecule has 2 unspecified atom stereocenters. The lowest BCUT2D eigenvalue weighted by Crippen LogP contribution is -2.37. The molecule has 1 aromatic carbocycles. The molecule has 1 fully saturated rings. The molecule has 1 aromatic rings. The zero-order valence-electron chi connectivity index (χ0n) is 12.9. The number of carbonyl (C=O) groups excluding carboxylic acids is 1. The molecule has 0 aromatic heterocycles. The van der Waals surface area contributed by atoms with Gasteiger partial charge in [0.25, 0.3) is 0 Å². The highest BCUT2D eigenvalue weighted by atomic mass is 32.2. The minimum Gasteiger partial charge on any atom is -0.481 e. The van der Waals surface area contributed by atoms with E-state index in [0.29, 0.717) is 23.6 Å². The zero-order chi connectivity index (χ0) is 16.8. The van der Waals surface area contributed by atoms with Crippen LogP contribution in [0.4, 0.5) is 4.39 Å². The van der Waals surface area contributed by atoms with Gasteiger partial charge in [-0.1, -0.05) is 12.1 Å². The summed E-state index contributed by atoms with van der Waals surface area (Å²) in [5.74, 6) is -0.882. The first kappa shape index (κ1) is 17.7. The number of methoxy groups -OCH3 is 1. The molecular weight excluding hydrogens is 321 g/mol. The number of ether oxygens (including phenoxy) is 1. The Balaban J connectivity index is 1.88. The smallest absolute Gasteiger partial charge is 0.305 e. The van der Waals surface area contributed by atoms with E-state index in [1.54, 1.807) is 30.2 Å². The van der Waals surface area contributed by atoms with Gasteiger partial charge in [-0.05, 0) is 18.6 Å². The van der Waals surface area contributed by atoms with E-state index in [0.717, 1.165) is 0 Å². The van der Waals surface area contributed by atoms with E-state index in [-0.39, 0.29) is 36.7 Å². The molecule has 126 valence electrons. The van der Waals surface area contributed by atoms with Crippen molar-refractivity contribution in [2.45, 2.75) is 36.3 Å². The van der Waals surface area contributed by atoms with E-state index in [9.17, 15) is 14.0 Å². The average molecular weight is 341 g/mol. The van der Waals surface area contributed by atoms with Crippen molar-refractivity contribution in [2.75, 3.05) is 19.4 Å². The molecular formula is C16H20FNO4S. The van der Waals surface area contributed by atoms with Gasteiger partial charge < -0.3 is 14.7 Å². The molecule has 1 heterocycles. The van der Waals surface area contributed by atoms with Gasteiger partial charge in [0.2, 0.25) is 5.91 Å². The summed E-state index contributed by atoms with van der Waals surface area (Å²) < 4.78 is 18.8. The standard InChI is InChI=1S/C16H20FNO4S/c1-22-12-8-11(9-16(20)21)18(10-12)15(19)6-7-23-14-5-3-2-4-13(14)17/h2-5,11-12H,6-10H2,1H3,(H,20,21). The predicted molar refractivity (Wildman–Crippen MR) is 84.9 cm³/mol. The van der Waals surface area contributed by atoms with Crippen molar-refractivity contribution in [2.24, 2.45) is 0 Å². The fraction of sp³-hybridized carbons (Fsp3) is 0.500. The van der Waals surface area contributed by atoms with E-state index in [1.807, 2.05) is 0 Å². The lowest BCUT2D eigenvalue weighted by molar-refractivity contribution is -0.139. The van der Waals surface area contributed by atoms with Crippen LogP contribution >= 0.6 is 11.8 Å². The first-order valence-electron chi connectivity index (χ1n) is 7.42. The number of aliphatic carboxylic acids is 1. The van der Waals surface area contributed by atoms with Crippen molar-refractivity contribution < 1.29 is 23.8 Å². The molecule has 23 heavy (non-hydrogen) atoms. The lowest BCUT2D eigenvalue weighted by atomic mass is 10.1. The molecule has 2 atom stereocenters. The van der Waals surface area contributed by atoms with Gasteiger partial charge in [0.1, 0.15) is 5.82 Å². The third-order valence-electron chi connectivity index (χ3n) is 3.85. The molecule has 1 amide bonds. The summed E-state index contributed by atoms with van der Waals surface area (Å²) in [7, 11) is 1.56. The summed E-state index contributed by atoms with van der Waals surface area (Å²) in [6.45, 7) is 0.414. The van der Waals surface area contributed by atoms with Crippen molar-refractivity contribution in [3.05, 3.63) is 30.1 Å². The van der Waals surface area contributed by atoms with Crippen molar-refractivity contribution in [3.8, 4) is 0 Å². The van der Waals surface area contributed by atoms with Crippen LogP contribution < -0.4 is 0 Å². The number of benzene rings is 1. The summed E-state index contributed by atoms with van der Waals surface area (Å²) in [4.78, 5) is 25.4. The SMILES string of the molecule is COC1CC(CC(=O)O)N(C(=O)CCSc2ccccc2F)C1. The summed E-state index contributed by atoms with van der Waals surface area (Å²) in [6.07, 6.45) is 0.578. The number of carboxylic acids is 1. The Labute approximate surface area is 138 Å². The average Bonchev–Trinajstić information content (AvgIpc) is 2.91. The van der Waals surface area contributed by atoms with Crippen molar-refractivity contribution >= 4 is 23.6 Å². The minimum atomic E-state index is -0.926. The highest BCUT2D eigenvalue weighted by molar-refractivity contribution is 7.99. The number of likely N-dealkylation sites (tertiary alicyclic amines) is 1. The maximum Gasteiger partial charge on any atom is 0.305 e. The van der Waals surface area contributed by atoms with E-state index in [4.69, 9.17) is 9.84 Å². The largest absolute Gasteiger partial charge is 0.481 e. The maximum atomic E-state index is 13.5. The molecule has 1 N–H and O–H groups in total. The van der Waals surface area contributed by atoms with Crippen LogP contribution in [0.1, 0.15) is 19.3 Å². The number of hydrogen-bond acceptors (Lipinski definition) is 4. The predicted octanol–water partition coefficient (Wildman–Crippen LogP) is 2.40. The second kappa shape index (κ2) is 8.31. The highest BCUT2D eigenvalue weighted by Gasteiger charge is 2.36. The van der Waals surface area contributed by atoms with E-state index in [1.165, 1.54) is 17.8 Å². The first-order valence-corrected chi connectivity index (χ1v) is 8.41. The number of nitrogens with zero attached hydrogens (tertiary/aromatic N) is 1. The van der Waals surface area contributed by atoms with Gasteiger partial charge in [0.05, 0.1) is 12.5 Å². The molecule has 1 aliphatic heterocycles. The van der Waals surface area contributed by atoms with Gasteiger partial charge in [-0.15, -0.1) is 11.8 Å². The molecule has 0 saturated carbocycles. The van der Waals surface area contributed by atoms with E-state index >= 15 is 0 Å². The van der Waals surface area contributed by atoms with Crippen molar-refractivity contribution in [1.29, 1.82) is 0 Å². The summed E-state index contributed by atoms with van der Waals surface area (Å²) in [5.41, 5.74) is 0. The summed E-state index contributed by atoms with van der Waals surface area (Å²) in [6, 6.07) is 6.10. The van der Waals surface area contributed by atoms with Crippen molar-refractivity contribution in [1.82, 2.24) is 4.90 Å².